The Labute approximate surface area is 175 Å². The van der Waals surface area contributed by atoms with E-state index in [1.807, 2.05) is 43.3 Å². The number of nitrogens with zero attached hydrogens (tertiary/aromatic N) is 2. The summed E-state index contributed by atoms with van der Waals surface area (Å²) in [6.45, 7) is 2.01. The Kier molecular flexibility index (Phi) is 5.14. The van der Waals surface area contributed by atoms with Gasteiger partial charge in [-0.2, -0.15) is 0 Å². The molecule has 0 radical (unpaired) electrons. The molecule has 0 amide bonds. The standard InChI is InChI=1S/C23H18F3N3O2/c1-14-5-3-4-6-17(14)15-7-9-18-19(11-15)28-13-29(22(18)30)16-8-10-21(20(12-16)27-2)31-23(24,25)26/h3-13,27H,1-2H3. The van der Waals surface area contributed by atoms with Gasteiger partial charge in [0.2, 0.25) is 0 Å². The van der Waals surface area contributed by atoms with Crippen molar-refractivity contribution in [3.63, 3.8) is 0 Å². The molecule has 0 bridgehead atoms. The molecule has 0 saturated heterocycles. The van der Waals surface area contributed by atoms with Crippen LogP contribution in [-0.4, -0.2) is 23.0 Å². The summed E-state index contributed by atoms with van der Waals surface area (Å²) in [5, 5.41) is 3.06. The second-order valence-electron chi connectivity index (χ2n) is 6.94. The van der Waals surface area contributed by atoms with Crippen LogP contribution in [0.15, 0.2) is 71.8 Å². The van der Waals surface area contributed by atoms with E-state index >= 15 is 0 Å². The first kappa shape index (κ1) is 20.5. The van der Waals surface area contributed by atoms with Crippen LogP contribution in [0.4, 0.5) is 18.9 Å². The Balaban J connectivity index is 1.77. The van der Waals surface area contributed by atoms with Crippen LogP contribution in [0.2, 0.25) is 0 Å². The van der Waals surface area contributed by atoms with Gasteiger partial charge in [0.25, 0.3) is 5.56 Å². The number of nitrogens with one attached hydrogen (secondary N) is 1. The zero-order chi connectivity index (χ0) is 22.2. The molecule has 1 N–H and O–H groups in total. The predicted octanol–water partition coefficient (Wildman–Crippen LogP) is 5.30. The van der Waals surface area contributed by atoms with Crippen LogP contribution >= 0.6 is 0 Å². The van der Waals surface area contributed by atoms with Gasteiger partial charge in [0.15, 0.2) is 5.75 Å². The minimum Gasteiger partial charge on any atom is -0.404 e. The lowest BCUT2D eigenvalue weighted by Crippen LogP contribution is -2.20. The number of anilines is 1. The minimum atomic E-state index is -4.82. The number of ether oxygens (including phenoxy) is 1. The van der Waals surface area contributed by atoms with E-state index in [1.165, 1.54) is 30.1 Å². The van der Waals surface area contributed by atoms with Gasteiger partial charge < -0.3 is 10.1 Å². The van der Waals surface area contributed by atoms with Crippen LogP contribution in [0, 0.1) is 6.92 Å². The lowest BCUT2D eigenvalue weighted by Gasteiger charge is -2.15. The maximum Gasteiger partial charge on any atom is 0.573 e. The molecule has 0 unspecified atom stereocenters. The van der Waals surface area contributed by atoms with Gasteiger partial charge >= 0.3 is 6.36 Å². The second-order valence-corrected chi connectivity index (χ2v) is 6.94. The van der Waals surface area contributed by atoms with Gasteiger partial charge in [0.1, 0.15) is 6.33 Å². The number of halogens is 3. The summed E-state index contributed by atoms with van der Waals surface area (Å²) in [7, 11) is 1.47. The largest absolute Gasteiger partial charge is 0.573 e. The van der Waals surface area contributed by atoms with Crippen molar-refractivity contribution in [2.45, 2.75) is 13.3 Å². The summed E-state index contributed by atoms with van der Waals surface area (Å²) < 4.78 is 43.1. The number of hydrogen-bond donors (Lipinski definition) is 1. The number of benzene rings is 3. The molecule has 4 aromatic rings. The van der Waals surface area contributed by atoms with E-state index in [0.717, 1.165) is 22.8 Å². The molecule has 3 aromatic carbocycles. The quantitative estimate of drug-likeness (QED) is 0.482. The van der Waals surface area contributed by atoms with Gasteiger partial charge in [0.05, 0.1) is 22.3 Å². The molecule has 31 heavy (non-hydrogen) atoms. The van der Waals surface area contributed by atoms with Crippen LogP contribution in [0.25, 0.3) is 27.7 Å². The van der Waals surface area contributed by atoms with Crippen LogP contribution < -0.4 is 15.6 Å². The highest BCUT2D eigenvalue weighted by atomic mass is 19.4. The molecule has 0 saturated carbocycles. The number of aryl methyl sites for hydroxylation is 1. The molecule has 1 heterocycles. The third-order valence-corrected chi connectivity index (χ3v) is 4.95. The Morgan fingerprint density at radius 2 is 1.81 bits per heavy atom. The molecular weight excluding hydrogens is 407 g/mol. The minimum absolute atomic E-state index is 0.0942. The fraction of sp³-hybridized carbons (Fsp3) is 0.130. The summed E-state index contributed by atoms with van der Waals surface area (Å²) in [5.41, 5.74) is 3.77. The van der Waals surface area contributed by atoms with Crippen molar-refractivity contribution in [2.75, 3.05) is 12.4 Å². The molecule has 1 aromatic heterocycles. The lowest BCUT2D eigenvalue weighted by atomic mass is 10.00. The molecule has 8 heteroatoms. The van der Waals surface area contributed by atoms with Gasteiger partial charge in [-0.25, -0.2) is 4.98 Å². The average molecular weight is 425 g/mol. The van der Waals surface area contributed by atoms with E-state index in [1.54, 1.807) is 6.07 Å². The molecular formula is C23H18F3N3O2. The van der Waals surface area contributed by atoms with E-state index in [4.69, 9.17) is 0 Å². The Morgan fingerprint density at radius 1 is 1.03 bits per heavy atom. The number of alkyl halides is 3. The molecule has 0 aliphatic carbocycles. The first-order valence-corrected chi connectivity index (χ1v) is 9.42. The Bertz CT molecular complexity index is 1330. The summed E-state index contributed by atoms with van der Waals surface area (Å²) in [4.78, 5) is 17.5. The van der Waals surface area contributed by atoms with E-state index in [2.05, 4.69) is 15.0 Å². The molecule has 5 nitrogen and oxygen atoms in total. The van der Waals surface area contributed by atoms with Crippen molar-refractivity contribution in [1.29, 1.82) is 0 Å². The summed E-state index contributed by atoms with van der Waals surface area (Å²) >= 11 is 0. The normalized spacial score (nSPS) is 11.5. The number of fused-ring (bicyclic) bond motifs is 1. The topological polar surface area (TPSA) is 56.2 Å². The SMILES string of the molecule is CNc1cc(-n2cnc3cc(-c4ccccc4C)ccc3c2=O)ccc1OC(F)(F)F. The average Bonchev–Trinajstić information content (AvgIpc) is 2.73. The number of aromatic nitrogens is 2. The molecule has 0 fully saturated rings. The van der Waals surface area contributed by atoms with Gasteiger partial charge in [-0.05, 0) is 53.9 Å². The van der Waals surface area contributed by atoms with Gasteiger partial charge in [-0.1, -0.05) is 30.3 Å². The monoisotopic (exact) mass is 425 g/mol. The Hall–Kier alpha value is -3.81. The smallest absolute Gasteiger partial charge is 0.404 e. The molecule has 158 valence electrons. The zero-order valence-corrected chi connectivity index (χ0v) is 16.7. The third kappa shape index (κ3) is 4.09. The van der Waals surface area contributed by atoms with Crippen molar-refractivity contribution in [3.05, 3.63) is 82.9 Å². The highest BCUT2D eigenvalue weighted by Gasteiger charge is 2.32. The Morgan fingerprint density at radius 3 is 2.52 bits per heavy atom. The van der Waals surface area contributed by atoms with Gasteiger partial charge in [-0.15, -0.1) is 13.2 Å². The maximum atomic E-state index is 13.0. The molecule has 0 aliphatic rings. The second kappa shape index (κ2) is 7.79. The fourth-order valence-corrected chi connectivity index (χ4v) is 3.45. The third-order valence-electron chi connectivity index (χ3n) is 4.95. The van der Waals surface area contributed by atoms with Crippen LogP contribution in [0.5, 0.6) is 5.75 Å². The summed E-state index contributed by atoms with van der Waals surface area (Å²) in [5.74, 6) is -0.386. The van der Waals surface area contributed by atoms with E-state index in [9.17, 15) is 18.0 Å². The fourth-order valence-electron chi connectivity index (χ4n) is 3.45. The molecule has 4 rings (SSSR count). The van der Waals surface area contributed by atoms with E-state index < -0.39 is 6.36 Å². The number of hydrogen-bond acceptors (Lipinski definition) is 4. The van der Waals surface area contributed by atoms with E-state index in [0.29, 0.717) is 16.6 Å². The molecule has 0 spiro atoms. The predicted molar refractivity (Wildman–Crippen MR) is 114 cm³/mol. The summed E-state index contributed by atoms with van der Waals surface area (Å²) in [6.07, 6.45) is -3.45. The maximum absolute atomic E-state index is 13.0. The van der Waals surface area contributed by atoms with Crippen molar-refractivity contribution < 1.29 is 17.9 Å². The van der Waals surface area contributed by atoms with Gasteiger partial charge in [-0.3, -0.25) is 9.36 Å². The molecule has 0 atom stereocenters. The van der Waals surface area contributed by atoms with Crippen molar-refractivity contribution in [1.82, 2.24) is 9.55 Å². The van der Waals surface area contributed by atoms with Crippen LogP contribution in [-0.2, 0) is 0 Å². The van der Waals surface area contributed by atoms with E-state index in [-0.39, 0.29) is 17.0 Å². The lowest BCUT2D eigenvalue weighted by molar-refractivity contribution is -0.274. The highest BCUT2D eigenvalue weighted by Crippen LogP contribution is 2.32. The first-order chi connectivity index (χ1) is 14.8. The van der Waals surface area contributed by atoms with Crippen molar-refractivity contribution >= 4 is 16.6 Å². The molecule has 0 aliphatic heterocycles. The first-order valence-electron chi connectivity index (χ1n) is 9.42. The highest BCUT2D eigenvalue weighted by molar-refractivity contribution is 5.84. The zero-order valence-electron chi connectivity index (χ0n) is 16.7. The van der Waals surface area contributed by atoms with Gasteiger partial charge in [0, 0.05) is 7.05 Å². The van der Waals surface area contributed by atoms with Crippen molar-refractivity contribution in [2.24, 2.45) is 0 Å². The number of rotatable bonds is 4. The van der Waals surface area contributed by atoms with Crippen LogP contribution in [0.3, 0.4) is 0 Å². The van der Waals surface area contributed by atoms with Crippen LogP contribution in [0.1, 0.15) is 5.56 Å². The summed E-state index contributed by atoms with van der Waals surface area (Å²) in [6, 6.07) is 17.3. The van der Waals surface area contributed by atoms with Crippen molar-refractivity contribution in [3.8, 4) is 22.6 Å².